The summed E-state index contributed by atoms with van der Waals surface area (Å²) in [5, 5.41) is 15.1. The summed E-state index contributed by atoms with van der Waals surface area (Å²) in [6, 6.07) is 5.64. The lowest BCUT2D eigenvalue weighted by Crippen LogP contribution is -2.23. The van der Waals surface area contributed by atoms with Crippen molar-refractivity contribution >= 4 is 5.82 Å². The largest absolute Gasteiger partial charge is 0.369 e. The van der Waals surface area contributed by atoms with Gasteiger partial charge in [0.15, 0.2) is 0 Å². The fourth-order valence-electron chi connectivity index (χ4n) is 1.33. The van der Waals surface area contributed by atoms with E-state index in [-0.39, 0.29) is 0 Å². The smallest absolute Gasteiger partial charge is 0.143 e. The highest BCUT2D eigenvalue weighted by molar-refractivity contribution is 5.51. The summed E-state index contributed by atoms with van der Waals surface area (Å²) in [5.74, 6) is 1.17. The molecular weight excluding hydrogens is 188 g/mol. The van der Waals surface area contributed by atoms with Gasteiger partial charge in [-0.1, -0.05) is 6.92 Å². The zero-order valence-electron chi connectivity index (χ0n) is 9.12. The number of aromatic nitrogens is 1. The highest BCUT2D eigenvalue weighted by Crippen LogP contribution is 2.09. The highest BCUT2D eigenvalue weighted by atomic mass is 15.0. The van der Waals surface area contributed by atoms with E-state index in [0.717, 1.165) is 13.1 Å². The Kier molecular flexibility index (Phi) is 4.58. The second kappa shape index (κ2) is 5.99. The average molecular weight is 204 g/mol. The minimum atomic E-state index is 0.503. The normalized spacial score (nSPS) is 11.8. The van der Waals surface area contributed by atoms with E-state index in [1.807, 2.05) is 7.05 Å². The number of hydrogen-bond donors (Lipinski definition) is 2. The van der Waals surface area contributed by atoms with Crippen LogP contribution in [0.4, 0.5) is 5.82 Å². The van der Waals surface area contributed by atoms with Gasteiger partial charge in [0.1, 0.15) is 11.9 Å². The molecule has 0 aliphatic carbocycles. The lowest BCUT2D eigenvalue weighted by molar-refractivity contribution is 0.569. The molecule has 0 saturated carbocycles. The molecular formula is C11H16N4. The Morgan fingerprint density at radius 3 is 3.00 bits per heavy atom. The molecule has 0 spiro atoms. The van der Waals surface area contributed by atoms with Crippen molar-refractivity contribution in [1.29, 1.82) is 5.26 Å². The second-order valence-electron chi connectivity index (χ2n) is 3.56. The molecule has 0 fully saturated rings. The van der Waals surface area contributed by atoms with Gasteiger partial charge in [-0.2, -0.15) is 5.26 Å². The van der Waals surface area contributed by atoms with Crippen LogP contribution in [0.15, 0.2) is 18.3 Å². The summed E-state index contributed by atoms with van der Waals surface area (Å²) in [4.78, 5) is 4.13. The Morgan fingerprint density at radius 2 is 2.33 bits per heavy atom. The van der Waals surface area contributed by atoms with Crippen molar-refractivity contribution in [2.45, 2.75) is 6.92 Å². The van der Waals surface area contributed by atoms with Gasteiger partial charge in [0.25, 0.3) is 0 Å². The van der Waals surface area contributed by atoms with E-state index < -0.39 is 0 Å². The van der Waals surface area contributed by atoms with Gasteiger partial charge in [-0.15, -0.1) is 0 Å². The Morgan fingerprint density at radius 1 is 1.53 bits per heavy atom. The molecule has 0 amide bonds. The maximum atomic E-state index is 8.84. The maximum absolute atomic E-state index is 8.84. The quantitative estimate of drug-likeness (QED) is 0.757. The molecule has 0 aromatic carbocycles. The lowest BCUT2D eigenvalue weighted by Gasteiger charge is -2.12. The lowest BCUT2D eigenvalue weighted by atomic mass is 10.2. The first-order chi connectivity index (χ1) is 7.27. The summed E-state index contributed by atoms with van der Waals surface area (Å²) in [6.07, 6.45) is 1.69. The van der Waals surface area contributed by atoms with Crippen LogP contribution in [0.25, 0.3) is 0 Å². The Labute approximate surface area is 90.3 Å². The summed E-state index contributed by atoms with van der Waals surface area (Å²) >= 11 is 0. The number of pyridine rings is 1. The second-order valence-corrected chi connectivity index (χ2v) is 3.56. The standard InChI is InChI=1S/C11H16N4/c1-9(7-13-2)8-15-11-10(6-12)4-3-5-14-11/h3-5,9,13H,7-8H2,1-2H3,(H,14,15). The number of nitrogens with zero attached hydrogens (tertiary/aromatic N) is 2. The van der Waals surface area contributed by atoms with Crippen molar-refractivity contribution in [2.24, 2.45) is 5.92 Å². The molecule has 0 bridgehead atoms. The van der Waals surface area contributed by atoms with Gasteiger partial charge in [0, 0.05) is 12.7 Å². The minimum Gasteiger partial charge on any atom is -0.369 e. The molecule has 0 aliphatic heterocycles. The third kappa shape index (κ3) is 3.56. The molecule has 1 atom stereocenters. The fourth-order valence-corrected chi connectivity index (χ4v) is 1.33. The first kappa shape index (κ1) is 11.5. The summed E-state index contributed by atoms with van der Waals surface area (Å²) in [5.41, 5.74) is 0.592. The van der Waals surface area contributed by atoms with E-state index in [0.29, 0.717) is 17.3 Å². The van der Waals surface area contributed by atoms with Crippen molar-refractivity contribution in [3.05, 3.63) is 23.9 Å². The summed E-state index contributed by atoms with van der Waals surface area (Å²) < 4.78 is 0. The molecule has 4 heteroatoms. The van der Waals surface area contributed by atoms with Gasteiger partial charge in [-0.05, 0) is 31.6 Å². The first-order valence-corrected chi connectivity index (χ1v) is 5.01. The van der Waals surface area contributed by atoms with Crippen LogP contribution in [0.2, 0.25) is 0 Å². The fraction of sp³-hybridized carbons (Fsp3) is 0.455. The van der Waals surface area contributed by atoms with Crippen molar-refractivity contribution < 1.29 is 0 Å². The molecule has 1 heterocycles. The van der Waals surface area contributed by atoms with E-state index >= 15 is 0 Å². The van der Waals surface area contributed by atoms with Crippen molar-refractivity contribution in [2.75, 3.05) is 25.5 Å². The predicted octanol–water partition coefficient (Wildman–Crippen LogP) is 1.22. The Hall–Kier alpha value is -1.60. The van der Waals surface area contributed by atoms with Gasteiger partial charge in [-0.25, -0.2) is 4.98 Å². The molecule has 2 N–H and O–H groups in total. The molecule has 80 valence electrons. The summed E-state index contributed by atoms with van der Waals surface area (Å²) in [7, 11) is 1.93. The van der Waals surface area contributed by atoms with Gasteiger partial charge < -0.3 is 10.6 Å². The Bertz CT molecular complexity index is 343. The third-order valence-corrected chi connectivity index (χ3v) is 2.10. The topological polar surface area (TPSA) is 60.7 Å². The van der Waals surface area contributed by atoms with Gasteiger partial charge in [0.05, 0.1) is 5.56 Å². The number of anilines is 1. The predicted molar refractivity (Wildman–Crippen MR) is 60.5 cm³/mol. The van der Waals surface area contributed by atoms with Crippen molar-refractivity contribution in [3.8, 4) is 6.07 Å². The van der Waals surface area contributed by atoms with E-state index in [2.05, 4.69) is 28.6 Å². The molecule has 15 heavy (non-hydrogen) atoms. The van der Waals surface area contributed by atoms with Crippen LogP contribution in [0.1, 0.15) is 12.5 Å². The van der Waals surface area contributed by atoms with Gasteiger partial charge in [0.2, 0.25) is 0 Å². The number of nitrogens with one attached hydrogen (secondary N) is 2. The highest BCUT2D eigenvalue weighted by Gasteiger charge is 2.04. The molecule has 1 aromatic heterocycles. The zero-order valence-corrected chi connectivity index (χ0v) is 9.12. The van der Waals surface area contributed by atoms with Crippen molar-refractivity contribution in [1.82, 2.24) is 10.3 Å². The van der Waals surface area contributed by atoms with Crippen molar-refractivity contribution in [3.63, 3.8) is 0 Å². The number of hydrogen-bond acceptors (Lipinski definition) is 4. The third-order valence-electron chi connectivity index (χ3n) is 2.10. The monoisotopic (exact) mass is 204 g/mol. The van der Waals surface area contributed by atoms with E-state index in [1.165, 1.54) is 0 Å². The number of rotatable bonds is 5. The molecule has 1 unspecified atom stereocenters. The van der Waals surface area contributed by atoms with Crippen LogP contribution in [0.3, 0.4) is 0 Å². The average Bonchev–Trinajstić information content (AvgIpc) is 2.27. The molecule has 1 rings (SSSR count). The van der Waals surface area contributed by atoms with Crippen LogP contribution in [0.5, 0.6) is 0 Å². The van der Waals surface area contributed by atoms with Crippen LogP contribution >= 0.6 is 0 Å². The molecule has 0 aliphatic rings. The van der Waals surface area contributed by atoms with Crippen LogP contribution in [0, 0.1) is 17.2 Å². The minimum absolute atomic E-state index is 0.503. The maximum Gasteiger partial charge on any atom is 0.143 e. The molecule has 0 saturated heterocycles. The van der Waals surface area contributed by atoms with Crippen LogP contribution in [-0.2, 0) is 0 Å². The van der Waals surface area contributed by atoms with Gasteiger partial charge in [-0.3, -0.25) is 0 Å². The number of nitriles is 1. The van der Waals surface area contributed by atoms with Crippen LogP contribution < -0.4 is 10.6 Å². The van der Waals surface area contributed by atoms with E-state index in [4.69, 9.17) is 5.26 Å². The summed E-state index contributed by atoms with van der Waals surface area (Å²) in [6.45, 7) is 3.90. The molecule has 1 aromatic rings. The molecule has 4 nitrogen and oxygen atoms in total. The van der Waals surface area contributed by atoms with E-state index in [1.54, 1.807) is 18.3 Å². The zero-order chi connectivity index (χ0) is 11.1. The molecule has 0 radical (unpaired) electrons. The SMILES string of the molecule is CNCC(C)CNc1ncccc1C#N. The van der Waals surface area contributed by atoms with Gasteiger partial charge >= 0.3 is 0 Å². The Balaban J connectivity index is 2.54. The van der Waals surface area contributed by atoms with Crippen LogP contribution in [-0.4, -0.2) is 25.1 Å². The first-order valence-electron chi connectivity index (χ1n) is 5.01. The van der Waals surface area contributed by atoms with E-state index in [9.17, 15) is 0 Å².